The molecule has 1 aromatic carbocycles. The van der Waals surface area contributed by atoms with E-state index >= 15 is 0 Å². The number of amides is 1. The van der Waals surface area contributed by atoms with Gasteiger partial charge in [0, 0.05) is 23.1 Å². The van der Waals surface area contributed by atoms with Crippen LogP contribution in [0.3, 0.4) is 0 Å². The highest BCUT2D eigenvalue weighted by molar-refractivity contribution is 9.10. The monoisotopic (exact) mass is 264 g/mol. The molecule has 0 bridgehead atoms. The van der Waals surface area contributed by atoms with Crippen molar-refractivity contribution >= 4 is 27.5 Å². The molecule has 1 fully saturated rings. The van der Waals surface area contributed by atoms with E-state index in [2.05, 4.69) is 22.0 Å². The fourth-order valence-electron chi connectivity index (χ4n) is 1.66. The van der Waals surface area contributed by atoms with Gasteiger partial charge in [-0.05, 0) is 24.3 Å². The van der Waals surface area contributed by atoms with Gasteiger partial charge in [-0.1, -0.05) is 15.9 Å². The minimum atomic E-state index is -0.166. The van der Waals surface area contributed by atoms with Crippen LogP contribution < -0.4 is 4.90 Å². The molecule has 0 aliphatic carbocycles. The number of nitrogens with zero attached hydrogens (tertiary/aromatic N) is 2. The topological polar surface area (TPSA) is 44.1 Å². The second-order valence-corrected chi connectivity index (χ2v) is 4.43. The molecule has 1 aromatic rings. The quantitative estimate of drug-likeness (QED) is 0.782. The van der Waals surface area contributed by atoms with Crippen LogP contribution in [-0.2, 0) is 4.79 Å². The zero-order chi connectivity index (χ0) is 10.8. The number of hydrogen-bond acceptors (Lipinski definition) is 2. The number of carbonyl (C=O) groups excluding carboxylic acids is 1. The minimum absolute atomic E-state index is 0.0314. The Morgan fingerprint density at radius 3 is 2.60 bits per heavy atom. The van der Waals surface area contributed by atoms with Gasteiger partial charge in [-0.3, -0.25) is 4.79 Å². The SMILES string of the molecule is N#CC1CC(=O)N(c2ccc(Br)cc2)C1. The van der Waals surface area contributed by atoms with Gasteiger partial charge in [-0.15, -0.1) is 0 Å². The maximum atomic E-state index is 11.6. The molecule has 15 heavy (non-hydrogen) atoms. The van der Waals surface area contributed by atoms with Crippen LogP contribution in [0.4, 0.5) is 5.69 Å². The first-order chi connectivity index (χ1) is 7.20. The third kappa shape index (κ3) is 2.02. The third-order valence-corrected chi connectivity index (χ3v) is 2.97. The molecule has 1 heterocycles. The summed E-state index contributed by atoms with van der Waals surface area (Å²) in [6.45, 7) is 0.511. The molecule has 1 unspecified atom stereocenters. The molecule has 0 radical (unpaired) electrons. The van der Waals surface area contributed by atoms with Gasteiger partial charge in [-0.25, -0.2) is 0 Å². The lowest BCUT2D eigenvalue weighted by Crippen LogP contribution is -2.24. The zero-order valence-corrected chi connectivity index (χ0v) is 9.57. The normalized spacial score (nSPS) is 20.4. The molecule has 1 saturated heterocycles. The van der Waals surface area contributed by atoms with E-state index in [-0.39, 0.29) is 11.8 Å². The van der Waals surface area contributed by atoms with Crippen molar-refractivity contribution in [1.82, 2.24) is 0 Å². The van der Waals surface area contributed by atoms with Crippen LogP contribution >= 0.6 is 15.9 Å². The molecule has 3 nitrogen and oxygen atoms in total. The van der Waals surface area contributed by atoms with Crippen molar-refractivity contribution in [2.75, 3.05) is 11.4 Å². The molecule has 1 atom stereocenters. The standard InChI is InChI=1S/C11H9BrN2O/c12-9-1-3-10(4-2-9)14-7-8(6-13)5-11(14)15/h1-4,8H,5,7H2. The summed E-state index contributed by atoms with van der Waals surface area (Å²) < 4.78 is 0.981. The Morgan fingerprint density at radius 2 is 2.07 bits per heavy atom. The first-order valence-electron chi connectivity index (χ1n) is 4.66. The predicted molar refractivity (Wildman–Crippen MR) is 60.2 cm³/mol. The first kappa shape index (κ1) is 10.2. The lowest BCUT2D eigenvalue weighted by Gasteiger charge is -2.15. The van der Waals surface area contributed by atoms with Crippen molar-refractivity contribution in [1.29, 1.82) is 5.26 Å². The number of halogens is 1. The van der Waals surface area contributed by atoms with Gasteiger partial charge in [0.05, 0.1) is 12.0 Å². The summed E-state index contributed by atoms with van der Waals surface area (Å²) in [5.74, 6) is -0.134. The van der Waals surface area contributed by atoms with Gasteiger partial charge in [0.2, 0.25) is 5.91 Å². The van der Waals surface area contributed by atoms with Crippen molar-refractivity contribution in [3.05, 3.63) is 28.7 Å². The van der Waals surface area contributed by atoms with E-state index in [1.165, 1.54) is 0 Å². The van der Waals surface area contributed by atoms with Crippen molar-refractivity contribution in [2.24, 2.45) is 5.92 Å². The van der Waals surface area contributed by atoms with E-state index in [4.69, 9.17) is 5.26 Å². The highest BCUT2D eigenvalue weighted by Crippen LogP contribution is 2.25. The fraction of sp³-hybridized carbons (Fsp3) is 0.273. The van der Waals surface area contributed by atoms with E-state index in [1.807, 2.05) is 24.3 Å². The van der Waals surface area contributed by atoms with E-state index in [9.17, 15) is 4.79 Å². The molecule has 0 spiro atoms. The van der Waals surface area contributed by atoms with Crippen LogP contribution in [-0.4, -0.2) is 12.5 Å². The fourth-order valence-corrected chi connectivity index (χ4v) is 1.93. The molecule has 1 aliphatic heterocycles. The molecular weight excluding hydrogens is 256 g/mol. The summed E-state index contributed by atoms with van der Waals surface area (Å²) in [6, 6.07) is 9.67. The number of rotatable bonds is 1. The average molecular weight is 265 g/mol. The highest BCUT2D eigenvalue weighted by Gasteiger charge is 2.30. The summed E-state index contributed by atoms with van der Waals surface area (Å²) in [4.78, 5) is 13.3. The maximum Gasteiger partial charge on any atom is 0.228 e. The van der Waals surface area contributed by atoms with E-state index in [0.717, 1.165) is 10.2 Å². The minimum Gasteiger partial charge on any atom is -0.311 e. The molecule has 4 heteroatoms. The second kappa shape index (κ2) is 4.03. The Kier molecular flexibility index (Phi) is 2.74. The lowest BCUT2D eigenvalue weighted by atomic mass is 10.1. The summed E-state index contributed by atoms with van der Waals surface area (Å²) in [7, 11) is 0. The largest absolute Gasteiger partial charge is 0.311 e. The number of nitriles is 1. The van der Waals surface area contributed by atoms with E-state index in [0.29, 0.717) is 13.0 Å². The summed E-state index contributed by atoms with van der Waals surface area (Å²) >= 11 is 3.34. The Hall–Kier alpha value is -1.34. The molecule has 0 N–H and O–H groups in total. The van der Waals surface area contributed by atoms with Crippen molar-refractivity contribution in [3.8, 4) is 6.07 Å². The van der Waals surface area contributed by atoms with Crippen LogP contribution in [0.15, 0.2) is 28.7 Å². The van der Waals surface area contributed by atoms with Crippen molar-refractivity contribution in [2.45, 2.75) is 6.42 Å². The zero-order valence-electron chi connectivity index (χ0n) is 7.98. The van der Waals surface area contributed by atoms with Gasteiger partial charge < -0.3 is 4.90 Å². The van der Waals surface area contributed by atoms with Crippen LogP contribution in [0.1, 0.15) is 6.42 Å². The van der Waals surface area contributed by atoms with Crippen molar-refractivity contribution < 1.29 is 4.79 Å². The van der Waals surface area contributed by atoms with Crippen LogP contribution in [0.5, 0.6) is 0 Å². The summed E-state index contributed by atoms with van der Waals surface area (Å²) in [5.41, 5.74) is 0.862. The van der Waals surface area contributed by atoms with Gasteiger partial charge >= 0.3 is 0 Å². The molecule has 2 rings (SSSR count). The highest BCUT2D eigenvalue weighted by atomic mass is 79.9. The van der Waals surface area contributed by atoms with E-state index in [1.54, 1.807) is 4.90 Å². The molecular formula is C11H9BrN2O. The number of hydrogen-bond donors (Lipinski definition) is 0. The van der Waals surface area contributed by atoms with Gasteiger partial charge in [0.1, 0.15) is 0 Å². The Bertz CT molecular complexity index is 421. The average Bonchev–Trinajstić information content (AvgIpc) is 2.61. The van der Waals surface area contributed by atoms with E-state index < -0.39 is 0 Å². The predicted octanol–water partition coefficient (Wildman–Crippen LogP) is 2.33. The molecule has 76 valence electrons. The molecule has 1 aliphatic rings. The number of anilines is 1. The third-order valence-electron chi connectivity index (χ3n) is 2.45. The van der Waals surface area contributed by atoms with Gasteiger partial charge in [0.25, 0.3) is 0 Å². The Morgan fingerprint density at radius 1 is 1.40 bits per heavy atom. The van der Waals surface area contributed by atoms with Gasteiger partial charge in [0.15, 0.2) is 0 Å². The van der Waals surface area contributed by atoms with Crippen LogP contribution in [0.25, 0.3) is 0 Å². The maximum absolute atomic E-state index is 11.6. The summed E-state index contributed by atoms with van der Waals surface area (Å²) in [6.07, 6.45) is 0.340. The Balaban J connectivity index is 2.22. The molecule has 0 aromatic heterocycles. The van der Waals surface area contributed by atoms with Crippen LogP contribution in [0.2, 0.25) is 0 Å². The smallest absolute Gasteiger partial charge is 0.228 e. The lowest BCUT2D eigenvalue weighted by molar-refractivity contribution is -0.117. The number of benzene rings is 1. The van der Waals surface area contributed by atoms with Crippen LogP contribution in [0, 0.1) is 17.2 Å². The second-order valence-electron chi connectivity index (χ2n) is 3.51. The Labute approximate surface area is 96.4 Å². The van der Waals surface area contributed by atoms with Gasteiger partial charge in [-0.2, -0.15) is 5.26 Å². The van der Waals surface area contributed by atoms with Crippen molar-refractivity contribution in [3.63, 3.8) is 0 Å². The molecule has 0 saturated carbocycles. The number of carbonyl (C=O) groups is 1. The molecule has 1 amide bonds. The first-order valence-corrected chi connectivity index (χ1v) is 5.45. The summed E-state index contributed by atoms with van der Waals surface area (Å²) in [5, 5.41) is 8.76.